The second kappa shape index (κ2) is 10.3. The van der Waals surface area contributed by atoms with Crippen LogP contribution in [0.4, 0.5) is 38.1 Å². The van der Waals surface area contributed by atoms with Crippen LogP contribution in [0.5, 0.6) is 5.75 Å². The lowest BCUT2D eigenvalue weighted by Gasteiger charge is -2.19. The molecule has 0 aromatic heterocycles. The Labute approximate surface area is 196 Å². The summed E-state index contributed by atoms with van der Waals surface area (Å²) in [5.41, 5.74) is -1.39. The van der Waals surface area contributed by atoms with Crippen molar-refractivity contribution < 1.29 is 49.4 Å². The number of rotatable bonds is 7. The number of nitrogens with one attached hydrogen (secondary N) is 3. The fourth-order valence-corrected chi connectivity index (χ4v) is 3.75. The van der Waals surface area contributed by atoms with E-state index in [2.05, 4.69) is 10.6 Å². The van der Waals surface area contributed by atoms with Crippen LogP contribution >= 0.6 is 0 Å². The molecule has 2 aromatic carbocycles. The fourth-order valence-electron chi connectivity index (χ4n) is 2.56. The molecule has 2 aromatic rings. The van der Waals surface area contributed by atoms with Crippen molar-refractivity contribution in [2.24, 2.45) is 0 Å². The molecule has 15 heteroatoms. The van der Waals surface area contributed by atoms with Crippen molar-refractivity contribution in [2.75, 3.05) is 23.7 Å². The van der Waals surface area contributed by atoms with Gasteiger partial charge in [0.25, 0.3) is 10.0 Å². The molecule has 0 unspecified atom stereocenters. The van der Waals surface area contributed by atoms with Crippen LogP contribution in [0.3, 0.4) is 0 Å². The zero-order chi connectivity index (χ0) is 26.7. The van der Waals surface area contributed by atoms with Crippen molar-refractivity contribution in [2.45, 2.75) is 31.3 Å². The highest BCUT2D eigenvalue weighted by molar-refractivity contribution is 7.92. The smallest absolute Gasteiger partial charge is 0.408 e. The van der Waals surface area contributed by atoms with Gasteiger partial charge >= 0.3 is 6.09 Å². The Kier molecular flexibility index (Phi) is 8.15. The second-order valence-electron chi connectivity index (χ2n) is 7.82. The molecule has 0 atom stereocenters. The third-order valence-electron chi connectivity index (χ3n) is 3.96. The summed E-state index contributed by atoms with van der Waals surface area (Å²) in [5, 5.41) is 4.50. The van der Waals surface area contributed by atoms with E-state index >= 15 is 0 Å². The Morgan fingerprint density at radius 3 is 2.00 bits per heavy atom. The first-order valence-electron chi connectivity index (χ1n) is 9.56. The quantitative estimate of drug-likeness (QED) is 0.288. The summed E-state index contributed by atoms with van der Waals surface area (Å²) < 4.78 is 105. The highest BCUT2D eigenvalue weighted by Gasteiger charge is 2.33. The van der Waals surface area contributed by atoms with Crippen LogP contribution in [0.2, 0.25) is 0 Å². The summed E-state index contributed by atoms with van der Waals surface area (Å²) in [5.74, 6) is -13.3. The van der Waals surface area contributed by atoms with Gasteiger partial charge in [-0.05, 0) is 39.0 Å². The number of carbonyl (C=O) groups excluding carboxylic acids is 2. The van der Waals surface area contributed by atoms with Crippen molar-refractivity contribution in [1.29, 1.82) is 0 Å². The summed E-state index contributed by atoms with van der Waals surface area (Å²) in [6.07, 6.45) is -0.885. The molecule has 0 saturated heterocycles. The van der Waals surface area contributed by atoms with Crippen molar-refractivity contribution >= 4 is 33.4 Å². The van der Waals surface area contributed by atoms with Gasteiger partial charge in [0.05, 0.1) is 18.5 Å². The van der Waals surface area contributed by atoms with Gasteiger partial charge in [-0.25, -0.2) is 35.2 Å². The number of halogens is 5. The molecule has 0 fully saturated rings. The van der Waals surface area contributed by atoms with E-state index in [1.165, 1.54) is 7.11 Å². The van der Waals surface area contributed by atoms with E-state index in [0.29, 0.717) is 0 Å². The summed E-state index contributed by atoms with van der Waals surface area (Å²) in [6.45, 7) is 4.27. The molecule has 35 heavy (non-hydrogen) atoms. The molecule has 0 saturated carbocycles. The number of sulfonamides is 1. The second-order valence-corrected chi connectivity index (χ2v) is 9.44. The molecule has 0 heterocycles. The summed E-state index contributed by atoms with van der Waals surface area (Å²) in [4.78, 5) is 21.7. The van der Waals surface area contributed by atoms with Crippen molar-refractivity contribution in [1.82, 2.24) is 5.32 Å². The number of ether oxygens (including phenoxy) is 2. The van der Waals surface area contributed by atoms with E-state index in [-0.39, 0.29) is 11.4 Å². The van der Waals surface area contributed by atoms with E-state index in [9.17, 15) is 40.0 Å². The Bertz CT molecular complexity index is 1240. The van der Waals surface area contributed by atoms with Crippen LogP contribution in [-0.4, -0.2) is 39.7 Å². The molecule has 0 radical (unpaired) electrons. The number of hydrogen-bond acceptors (Lipinski definition) is 6. The van der Waals surface area contributed by atoms with Gasteiger partial charge < -0.3 is 20.1 Å². The molecular formula is C20H20F5N3O6S. The van der Waals surface area contributed by atoms with E-state index < -0.39 is 73.8 Å². The maximum atomic E-state index is 14.0. The van der Waals surface area contributed by atoms with Gasteiger partial charge in [-0.3, -0.25) is 9.52 Å². The van der Waals surface area contributed by atoms with Crippen molar-refractivity contribution in [3.05, 3.63) is 47.3 Å². The van der Waals surface area contributed by atoms with Gasteiger partial charge in [0.1, 0.15) is 17.9 Å². The summed E-state index contributed by atoms with van der Waals surface area (Å²) in [6, 6.07) is 3.14. The van der Waals surface area contributed by atoms with Crippen molar-refractivity contribution in [3.63, 3.8) is 0 Å². The zero-order valence-electron chi connectivity index (χ0n) is 18.7. The van der Waals surface area contributed by atoms with E-state index in [1.54, 1.807) is 25.5 Å². The Hall–Kier alpha value is -3.62. The standard InChI is InChI=1S/C20H20F5N3O6S/c1-20(2,3)34-19(30)26-8-12(29)27-10-7-9(5-6-11(10)33-4)28-35(31,32)18-16(24)14(22)13(21)15(23)17(18)25/h5-7,28H,8H2,1-4H3,(H,26,30)(H,27,29). The zero-order valence-corrected chi connectivity index (χ0v) is 19.5. The first kappa shape index (κ1) is 27.6. The summed E-state index contributed by atoms with van der Waals surface area (Å²) >= 11 is 0. The lowest BCUT2D eigenvalue weighted by molar-refractivity contribution is -0.115. The maximum absolute atomic E-state index is 14.0. The number of hydrogen-bond donors (Lipinski definition) is 3. The van der Waals surface area contributed by atoms with Gasteiger partial charge in [0.2, 0.25) is 11.7 Å². The van der Waals surface area contributed by atoms with Crippen LogP contribution in [0.15, 0.2) is 23.1 Å². The minimum atomic E-state index is -5.31. The van der Waals surface area contributed by atoms with Gasteiger partial charge in [-0.2, -0.15) is 0 Å². The normalized spacial score (nSPS) is 11.6. The van der Waals surface area contributed by atoms with Crippen LogP contribution in [0.25, 0.3) is 0 Å². The third-order valence-corrected chi connectivity index (χ3v) is 5.36. The molecule has 0 aliphatic heterocycles. The largest absolute Gasteiger partial charge is 0.495 e. The number of carbonyl (C=O) groups is 2. The predicted molar refractivity (Wildman–Crippen MR) is 113 cm³/mol. The van der Waals surface area contributed by atoms with Crippen LogP contribution in [0, 0.1) is 29.1 Å². The SMILES string of the molecule is COc1ccc(NS(=O)(=O)c2c(F)c(F)c(F)c(F)c2F)cc1NC(=O)CNC(=O)OC(C)(C)C. The monoisotopic (exact) mass is 525 g/mol. The molecular weight excluding hydrogens is 505 g/mol. The highest BCUT2D eigenvalue weighted by Crippen LogP contribution is 2.31. The summed E-state index contributed by atoms with van der Waals surface area (Å²) in [7, 11) is -4.10. The first-order valence-corrected chi connectivity index (χ1v) is 11.0. The molecule has 2 amide bonds. The Morgan fingerprint density at radius 2 is 1.49 bits per heavy atom. The number of methoxy groups -OCH3 is 1. The highest BCUT2D eigenvalue weighted by atomic mass is 32.2. The number of anilines is 2. The van der Waals surface area contributed by atoms with Crippen molar-refractivity contribution in [3.8, 4) is 5.75 Å². The molecule has 3 N–H and O–H groups in total. The molecule has 2 rings (SSSR count). The van der Waals surface area contributed by atoms with E-state index in [1.807, 2.05) is 0 Å². The van der Waals surface area contributed by atoms with Gasteiger partial charge in [-0.15, -0.1) is 0 Å². The lowest BCUT2D eigenvalue weighted by atomic mass is 10.2. The average Bonchev–Trinajstić information content (AvgIpc) is 2.73. The third kappa shape index (κ3) is 6.71. The Morgan fingerprint density at radius 1 is 0.943 bits per heavy atom. The first-order chi connectivity index (χ1) is 16.1. The molecule has 9 nitrogen and oxygen atoms in total. The minimum absolute atomic E-state index is 0.00907. The average molecular weight is 525 g/mol. The molecule has 192 valence electrons. The van der Waals surface area contributed by atoms with E-state index in [0.717, 1.165) is 18.2 Å². The van der Waals surface area contributed by atoms with Crippen LogP contribution in [-0.2, 0) is 19.6 Å². The molecule has 0 spiro atoms. The molecule has 0 aliphatic carbocycles. The van der Waals surface area contributed by atoms with Crippen LogP contribution in [0.1, 0.15) is 20.8 Å². The lowest BCUT2D eigenvalue weighted by Crippen LogP contribution is -2.37. The Balaban J connectivity index is 2.27. The molecule has 0 aliphatic rings. The van der Waals surface area contributed by atoms with Gasteiger partial charge in [0, 0.05) is 0 Å². The minimum Gasteiger partial charge on any atom is -0.495 e. The van der Waals surface area contributed by atoms with Crippen LogP contribution < -0.4 is 20.1 Å². The topological polar surface area (TPSA) is 123 Å². The van der Waals surface area contributed by atoms with Gasteiger partial charge in [0.15, 0.2) is 28.2 Å². The number of alkyl carbamates (subject to hydrolysis) is 1. The van der Waals surface area contributed by atoms with Gasteiger partial charge in [-0.1, -0.05) is 0 Å². The van der Waals surface area contributed by atoms with E-state index in [4.69, 9.17) is 9.47 Å². The molecule has 0 bridgehead atoms. The maximum Gasteiger partial charge on any atom is 0.408 e. The fraction of sp³-hybridized carbons (Fsp3) is 0.300. The number of amides is 2. The number of benzene rings is 2. The predicted octanol–water partition coefficient (Wildman–Crippen LogP) is 3.65.